The molecule has 2 heterocycles. The summed E-state index contributed by atoms with van der Waals surface area (Å²) in [7, 11) is 0. The molecule has 1 unspecified atom stereocenters. The predicted octanol–water partition coefficient (Wildman–Crippen LogP) is 3.30. The Kier molecular flexibility index (Phi) is 3.01. The van der Waals surface area contributed by atoms with Crippen molar-refractivity contribution in [3.63, 3.8) is 0 Å². The molecule has 2 rings (SSSR count). The maximum absolute atomic E-state index is 2.63. The molecule has 0 aromatic carbocycles. The van der Waals surface area contributed by atoms with Gasteiger partial charge in [0.1, 0.15) is 0 Å². The predicted molar refractivity (Wildman–Crippen MR) is 58.2 cm³/mol. The van der Waals surface area contributed by atoms with Crippen molar-refractivity contribution in [2.45, 2.75) is 32.2 Å². The molecule has 0 bridgehead atoms. The van der Waals surface area contributed by atoms with Crippen LogP contribution in [0.1, 0.15) is 37.1 Å². The van der Waals surface area contributed by atoms with E-state index in [1.807, 2.05) is 11.3 Å². The zero-order valence-corrected chi connectivity index (χ0v) is 9.02. The van der Waals surface area contributed by atoms with Crippen LogP contribution in [0.4, 0.5) is 0 Å². The molecule has 0 spiro atoms. The van der Waals surface area contributed by atoms with Gasteiger partial charge in [-0.2, -0.15) is 0 Å². The van der Waals surface area contributed by atoms with Gasteiger partial charge in [-0.1, -0.05) is 13.0 Å². The standard InChI is InChI=1S/C11H17NS/c1-2-10(11-6-5-9-13-11)12-7-3-4-8-12/h5-6,9-10H,2-4,7-8H2,1H3. The van der Waals surface area contributed by atoms with Crippen LogP contribution >= 0.6 is 11.3 Å². The minimum absolute atomic E-state index is 0.697. The second-order valence-corrected chi connectivity index (χ2v) is 4.66. The highest BCUT2D eigenvalue weighted by molar-refractivity contribution is 7.10. The Balaban J connectivity index is 2.08. The molecule has 1 aliphatic heterocycles. The summed E-state index contributed by atoms with van der Waals surface area (Å²) in [6.07, 6.45) is 4.03. The summed E-state index contributed by atoms with van der Waals surface area (Å²) < 4.78 is 0. The van der Waals surface area contributed by atoms with Crippen molar-refractivity contribution in [1.82, 2.24) is 4.90 Å². The molecule has 2 heteroatoms. The van der Waals surface area contributed by atoms with Crippen molar-refractivity contribution in [2.75, 3.05) is 13.1 Å². The van der Waals surface area contributed by atoms with E-state index in [2.05, 4.69) is 29.3 Å². The molecule has 1 saturated heterocycles. The van der Waals surface area contributed by atoms with E-state index in [-0.39, 0.29) is 0 Å². The summed E-state index contributed by atoms with van der Waals surface area (Å²) in [6, 6.07) is 5.14. The fraction of sp³-hybridized carbons (Fsp3) is 0.636. The highest BCUT2D eigenvalue weighted by Crippen LogP contribution is 2.30. The van der Waals surface area contributed by atoms with Gasteiger partial charge in [0, 0.05) is 10.9 Å². The second-order valence-electron chi connectivity index (χ2n) is 3.68. The van der Waals surface area contributed by atoms with E-state index in [4.69, 9.17) is 0 Å². The maximum atomic E-state index is 2.63. The van der Waals surface area contributed by atoms with Crippen molar-refractivity contribution >= 4 is 11.3 Å². The number of nitrogens with zero attached hydrogens (tertiary/aromatic N) is 1. The summed E-state index contributed by atoms with van der Waals surface area (Å²) in [6.45, 7) is 4.90. The number of thiophene rings is 1. The first-order valence-corrected chi connectivity index (χ1v) is 6.07. The largest absolute Gasteiger partial charge is 0.296 e. The highest BCUT2D eigenvalue weighted by Gasteiger charge is 2.21. The van der Waals surface area contributed by atoms with Crippen molar-refractivity contribution in [3.8, 4) is 0 Å². The minimum atomic E-state index is 0.697. The monoisotopic (exact) mass is 195 g/mol. The molecule has 0 saturated carbocycles. The second kappa shape index (κ2) is 4.25. The molecule has 0 amide bonds. The van der Waals surface area contributed by atoms with Crippen LogP contribution in [0.3, 0.4) is 0 Å². The summed E-state index contributed by atoms with van der Waals surface area (Å²) in [5.74, 6) is 0. The molecule has 72 valence electrons. The summed E-state index contributed by atoms with van der Waals surface area (Å²) >= 11 is 1.90. The average molecular weight is 195 g/mol. The molecule has 0 radical (unpaired) electrons. The van der Waals surface area contributed by atoms with Gasteiger partial charge in [-0.3, -0.25) is 4.90 Å². The zero-order chi connectivity index (χ0) is 9.10. The smallest absolute Gasteiger partial charge is 0.0438 e. The number of likely N-dealkylation sites (tertiary alicyclic amines) is 1. The van der Waals surface area contributed by atoms with Crippen LogP contribution in [0.2, 0.25) is 0 Å². The normalized spacial score (nSPS) is 20.7. The molecular weight excluding hydrogens is 178 g/mol. The van der Waals surface area contributed by atoms with E-state index >= 15 is 0 Å². The highest BCUT2D eigenvalue weighted by atomic mass is 32.1. The van der Waals surface area contributed by atoms with E-state index in [0.29, 0.717) is 6.04 Å². The molecule has 0 N–H and O–H groups in total. The quantitative estimate of drug-likeness (QED) is 0.715. The molecular formula is C11H17NS. The molecule has 0 aliphatic carbocycles. The van der Waals surface area contributed by atoms with Crippen LogP contribution in [0.15, 0.2) is 17.5 Å². The van der Waals surface area contributed by atoms with E-state index in [0.717, 1.165) is 0 Å². The fourth-order valence-electron chi connectivity index (χ4n) is 2.17. The Labute approximate surface area is 84.4 Å². The van der Waals surface area contributed by atoms with Gasteiger partial charge >= 0.3 is 0 Å². The molecule has 1 aromatic rings. The fourth-order valence-corrected chi connectivity index (χ4v) is 3.12. The Morgan fingerprint density at radius 1 is 1.46 bits per heavy atom. The van der Waals surface area contributed by atoms with E-state index < -0.39 is 0 Å². The SMILES string of the molecule is CCC(c1cccs1)N1CCCC1. The molecule has 1 atom stereocenters. The first kappa shape index (κ1) is 9.22. The van der Waals surface area contributed by atoms with Gasteiger partial charge in [0.2, 0.25) is 0 Å². The number of hydrogen-bond donors (Lipinski definition) is 0. The Hall–Kier alpha value is -0.340. The molecule has 1 fully saturated rings. The third-order valence-corrected chi connectivity index (χ3v) is 3.81. The van der Waals surface area contributed by atoms with Crippen molar-refractivity contribution in [1.29, 1.82) is 0 Å². The lowest BCUT2D eigenvalue weighted by Crippen LogP contribution is -2.24. The molecule has 1 nitrogen and oxygen atoms in total. The van der Waals surface area contributed by atoms with Gasteiger partial charge in [-0.15, -0.1) is 11.3 Å². The minimum Gasteiger partial charge on any atom is -0.296 e. The van der Waals surface area contributed by atoms with Gasteiger partial charge in [0.15, 0.2) is 0 Å². The van der Waals surface area contributed by atoms with E-state index in [9.17, 15) is 0 Å². The van der Waals surface area contributed by atoms with Crippen LogP contribution < -0.4 is 0 Å². The Morgan fingerprint density at radius 2 is 2.23 bits per heavy atom. The Morgan fingerprint density at radius 3 is 2.77 bits per heavy atom. The van der Waals surface area contributed by atoms with Crippen molar-refractivity contribution in [3.05, 3.63) is 22.4 Å². The van der Waals surface area contributed by atoms with Crippen molar-refractivity contribution in [2.24, 2.45) is 0 Å². The first-order valence-electron chi connectivity index (χ1n) is 5.19. The van der Waals surface area contributed by atoms with Crippen LogP contribution in [-0.4, -0.2) is 18.0 Å². The van der Waals surface area contributed by atoms with Crippen molar-refractivity contribution < 1.29 is 0 Å². The summed E-state index contributed by atoms with van der Waals surface area (Å²) in [4.78, 5) is 4.18. The van der Waals surface area contributed by atoms with Gasteiger partial charge < -0.3 is 0 Å². The lowest BCUT2D eigenvalue weighted by molar-refractivity contribution is 0.243. The van der Waals surface area contributed by atoms with E-state index in [1.165, 1.54) is 32.4 Å². The maximum Gasteiger partial charge on any atom is 0.0438 e. The van der Waals surface area contributed by atoms with Gasteiger partial charge in [-0.05, 0) is 43.8 Å². The lowest BCUT2D eigenvalue weighted by atomic mass is 10.1. The van der Waals surface area contributed by atoms with Crippen LogP contribution in [0, 0.1) is 0 Å². The number of hydrogen-bond acceptors (Lipinski definition) is 2. The molecule has 1 aromatic heterocycles. The van der Waals surface area contributed by atoms with Gasteiger partial charge in [0.25, 0.3) is 0 Å². The van der Waals surface area contributed by atoms with Crippen LogP contribution in [0.25, 0.3) is 0 Å². The summed E-state index contributed by atoms with van der Waals surface area (Å²) in [5.41, 5.74) is 0. The Bertz CT molecular complexity index is 237. The lowest BCUT2D eigenvalue weighted by Gasteiger charge is -2.25. The van der Waals surface area contributed by atoms with Crippen LogP contribution in [0.5, 0.6) is 0 Å². The first-order chi connectivity index (χ1) is 6.42. The topological polar surface area (TPSA) is 3.24 Å². The molecule has 13 heavy (non-hydrogen) atoms. The van der Waals surface area contributed by atoms with Crippen LogP contribution in [-0.2, 0) is 0 Å². The van der Waals surface area contributed by atoms with Gasteiger partial charge in [-0.25, -0.2) is 0 Å². The number of rotatable bonds is 3. The summed E-state index contributed by atoms with van der Waals surface area (Å²) in [5, 5.41) is 2.19. The van der Waals surface area contributed by atoms with Gasteiger partial charge in [0.05, 0.1) is 0 Å². The third-order valence-electron chi connectivity index (χ3n) is 2.84. The zero-order valence-electron chi connectivity index (χ0n) is 8.20. The third kappa shape index (κ3) is 1.94. The molecule has 1 aliphatic rings. The average Bonchev–Trinajstić information content (AvgIpc) is 2.76. The van der Waals surface area contributed by atoms with E-state index in [1.54, 1.807) is 4.88 Å².